The van der Waals surface area contributed by atoms with E-state index in [0.29, 0.717) is 11.8 Å². The Morgan fingerprint density at radius 3 is 2.62 bits per heavy atom. The zero-order chi connectivity index (χ0) is 15.6. The van der Waals surface area contributed by atoms with E-state index in [2.05, 4.69) is 5.10 Å². The number of hydrogen-bond acceptors (Lipinski definition) is 3. The van der Waals surface area contributed by atoms with Crippen LogP contribution in [0.4, 0.5) is 8.78 Å². The maximum atomic E-state index is 13.3. The highest BCUT2D eigenvalue weighted by Gasteiger charge is 2.13. The molecule has 2 aromatic rings. The molecule has 0 N–H and O–H groups in total. The van der Waals surface area contributed by atoms with Crippen LogP contribution in [-0.2, 0) is 11.3 Å². The summed E-state index contributed by atoms with van der Waals surface area (Å²) in [6.45, 7) is 0.0209. The third-order valence-corrected chi connectivity index (χ3v) is 2.96. The van der Waals surface area contributed by atoms with Gasteiger partial charge in [0.1, 0.15) is 6.54 Å². The molecule has 2 rings (SSSR count). The molecule has 0 bridgehead atoms. The molecule has 5 nitrogen and oxygen atoms in total. The van der Waals surface area contributed by atoms with E-state index in [1.807, 2.05) is 0 Å². The van der Waals surface area contributed by atoms with Crippen LogP contribution >= 0.6 is 0 Å². The summed E-state index contributed by atoms with van der Waals surface area (Å²) < 4.78 is 27.8. The lowest BCUT2D eigenvalue weighted by Gasteiger charge is -2.09. The van der Waals surface area contributed by atoms with Gasteiger partial charge < -0.3 is 4.90 Å². The first-order valence-corrected chi connectivity index (χ1v) is 6.09. The number of benzene rings is 1. The maximum Gasteiger partial charge on any atom is 0.243 e. The third-order valence-electron chi connectivity index (χ3n) is 2.96. The number of halogens is 2. The second-order valence-corrected chi connectivity index (χ2v) is 4.69. The number of aldehydes is 1. The highest BCUT2D eigenvalue weighted by atomic mass is 19.2. The third kappa shape index (κ3) is 3.13. The molecule has 21 heavy (non-hydrogen) atoms. The van der Waals surface area contributed by atoms with Crippen LogP contribution in [0.2, 0.25) is 0 Å². The van der Waals surface area contributed by atoms with E-state index < -0.39 is 11.6 Å². The van der Waals surface area contributed by atoms with Crippen molar-refractivity contribution in [3.63, 3.8) is 0 Å². The van der Waals surface area contributed by atoms with E-state index in [1.165, 1.54) is 22.0 Å². The van der Waals surface area contributed by atoms with Crippen molar-refractivity contribution >= 4 is 12.2 Å². The van der Waals surface area contributed by atoms with Crippen LogP contribution in [0.25, 0.3) is 11.1 Å². The molecule has 1 aromatic heterocycles. The Kier molecular flexibility index (Phi) is 4.11. The summed E-state index contributed by atoms with van der Waals surface area (Å²) in [5, 5.41) is 3.98. The Morgan fingerprint density at radius 2 is 2.00 bits per heavy atom. The average Bonchev–Trinajstić information content (AvgIpc) is 2.89. The summed E-state index contributed by atoms with van der Waals surface area (Å²) >= 11 is 0. The molecule has 0 aliphatic rings. The fraction of sp³-hybridized carbons (Fsp3) is 0.214. The highest BCUT2D eigenvalue weighted by Crippen LogP contribution is 2.25. The van der Waals surface area contributed by atoms with Gasteiger partial charge in [0.25, 0.3) is 0 Å². The number of likely N-dealkylation sites (N-methyl/N-ethyl adjacent to an activating group) is 1. The average molecular weight is 293 g/mol. The number of aromatic nitrogens is 2. The second-order valence-electron chi connectivity index (χ2n) is 4.69. The SMILES string of the molecule is CN(C)C(=O)Cn1cc(-c2cc(F)c(F)cc2C=O)cn1. The number of hydrogen-bond donors (Lipinski definition) is 0. The minimum absolute atomic E-state index is 0.0207. The van der Waals surface area contributed by atoms with Crippen LogP contribution < -0.4 is 0 Å². The largest absolute Gasteiger partial charge is 0.347 e. The van der Waals surface area contributed by atoms with Gasteiger partial charge in [-0.2, -0.15) is 5.10 Å². The molecule has 1 aromatic carbocycles. The number of rotatable bonds is 4. The number of carbonyl (C=O) groups is 2. The smallest absolute Gasteiger partial charge is 0.243 e. The molecule has 0 saturated heterocycles. The molecule has 0 aliphatic carbocycles. The standard InChI is InChI=1S/C14H13F2N3O2/c1-18(2)14(21)7-19-6-10(5-17-19)11-4-13(16)12(15)3-9(11)8-20/h3-6,8H,7H2,1-2H3. The minimum atomic E-state index is -1.09. The Balaban J connectivity index is 2.35. The van der Waals surface area contributed by atoms with Gasteiger partial charge in [-0.15, -0.1) is 0 Å². The zero-order valence-electron chi connectivity index (χ0n) is 11.5. The predicted molar refractivity (Wildman–Crippen MR) is 71.7 cm³/mol. The molecular weight excluding hydrogens is 280 g/mol. The van der Waals surface area contributed by atoms with Crippen LogP contribution in [0, 0.1) is 11.6 Å². The fourth-order valence-corrected chi connectivity index (χ4v) is 1.78. The summed E-state index contributed by atoms with van der Waals surface area (Å²) in [6.07, 6.45) is 3.34. The van der Waals surface area contributed by atoms with E-state index in [4.69, 9.17) is 0 Å². The van der Waals surface area contributed by atoms with E-state index in [0.717, 1.165) is 12.1 Å². The first kappa shape index (κ1) is 14.8. The number of nitrogens with zero attached hydrogens (tertiary/aromatic N) is 3. The molecular formula is C14H13F2N3O2. The summed E-state index contributed by atoms with van der Waals surface area (Å²) in [4.78, 5) is 24.0. The van der Waals surface area contributed by atoms with Crippen molar-refractivity contribution in [3.8, 4) is 11.1 Å². The van der Waals surface area contributed by atoms with Crippen molar-refractivity contribution in [2.75, 3.05) is 14.1 Å². The van der Waals surface area contributed by atoms with Crippen molar-refractivity contribution in [1.29, 1.82) is 0 Å². The molecule has 0 aliphatic heterocycles. The Bertz CT molecular complexity index is 696. The number of amides is 1. The topological polar surface area (TPSA) is 55.2 Å². The van der Waals surface area contributed by atoms with Gasteiger partial charge in [-0.3, -0.25) is 14.3 Å². The summed E-state index contributed by atoms with van der Waals surface area (Å²) in [5.74, 6) is -2.30. The molecule has 7 heteroatoms. The van der Waals surface area contributed by atoms with Crippen LogP contribution in [-0.4, -0.2) is 41.0 Å². The van der Waals surface area contributed by atoms with Gasteiger partial charge >= 0.3 is 0 Å². The molecule has 0 radical (unpaired) electrons. The van der Waals surface area contributed by atoms with Crippen LogP contribution in [0.5, 0.6) is 0 Å². The second kappa shape index (κ2) is 5.82. The van der Waals surface area contributed by atoms with Gasteiger partial charge in [0.2, 0.25) is 5.91 Å². The molecule has 1 heterocycles. The van der Waals surface area contributed by atoms with Gasteiger partial charge in [0, 0.05) is 31.4 Å². The summed E-state index contributed by atoms with van der Waals surface area (Å²) in [6, 6.07) is 1.77. The van der Waals surface area contributed by atoms with Crippen LogP contribution in [0.1, 0.15) is 10.4 Å². The van der Waals surface area contributed by atoms with Crippen molar-refractivity contribution in [3.05, 3.63) is 41.7 Å². The lowest BCUT2D eigenvalue weighted by Crippen LogP contribution is -2.26. The van der Waals surface area contributed by atoms with E-state index in [9.17, 15) is 18.4 Å². The zero-order valence-corrected chi connectivity index (χ0v) is 11.5. The van der Waals surface area contributed by atoms with Crippen LogP contribution in [0.15, 0.2) is 24.5 Å². The molecule has 110 valence electrons. The fourth-order valence-electron chi connectivity index (χ4n) is 1.78. The van der Waals surface area contributed by atoms with Gasteiger partial charge in [-0.1, -0.05) is 0 Å². The lowest BCUT2D eigenvalue weighted by atomic mass is 10.0. The molecule has 1 amide bonds. The van der Waals surface area contributed by atoms with Gasteiger partial charge in [-0.25, -0.2) is 8.78 Å². The van der Waals surface area contributed by atoms with Crippen LogP contribution in [0.3, 0.4) is 0 Å². The van der Waals surface area contributed by atoms with E-state index in [-0.39, 0.29) is 23.6 Å². The summed E-state index contributed by atoms with van der Waals surface area (Å²) in [5.41, 5.74) is 0.683. The first-order valence-electron chi connectivity index (χ1n) is 6.09. The predicted octanol–water partition coefficient (Wildman–Crippen LogP) is 1.73. The lowest BCUT2D eigenvalue weighted by molar-refractivity contribution is -0.129. The highest BCUT2D eigenvalue weighted by molar-refractivity contribution is 5.87. The Hall–Kier alpha value is -2.57. The van der Waals surface area contributed by atoms with Gasteiger partial charge in [0.05, 0.1) is 6.20 Å². The van der Waals surface area contributed by atoms with Crippen molar-refractivity contribution in [1.82, 2.24) is 14.7 Å². The molecule has 0 unspecified atom stereocenters. The Labute approximate surface area is 119 Å². The quantitative estimate of drug-likeness (QED) is 0.807. The monoisotopic (exact) mass is 293 g/mol. The number of carbonyl (C=O) groups excluding carboxylic acids is 2. The molecule has 0 spiro atoms. The van der Waals surface area contributed by atoms with Gasteiger partial charge in [0.15, 0.2) is 17.9 Å². The van der Waals surface area contributed by atoms with Crippen molar-refractivity contribution in [2.24, 2.45) is 0 Å². The normalized spacial score (nSPS) is 10.5. The maximum absolute atomic E-state index is 13.3. The van der Waals surface area contributed by atoms with Crippen molar-refractivity contribution < 1.29 is 18.4 Å². The van der Waals surface area contributed by atoms with Gasteiger partial charge in [-0.05, 0) is 17.7 Å². The van der Waals surface area contributed by atoms with E-state index in [1.54, 1.807) is 14.1 Å². The minimum Gasteiger partial charge on any atom is -0.347 e. The molecule has 0 atom stereocenters. The first-order chi connectivity index (χ1) is 9.92. The molecule has 0 saturated carbocycles. The summed E-state index contributed by atoms with van der Waals surface area (Å²) in [7, 11) is 3.24. The van der Waals surface area contributed by atoms with Crippen molar-refractivity contribution in [2.45, 2.75) is 6.54 Å². The molecule has 0 fully saturated rings. The van der Waals surface area contributed by atoms with E-state index >= 15 is 0 Å². The Morgan fingerprint density at radius 1 is 1.33 bits per heavy atom.